The van der Waals surface area contributed by atoms with Crippen LogP contribution in [-0.4, -0.2) is 17.4 Å². The third-order valence-corrected chi connectivity index (χ3v) is 4.82. The predicted octanol–water partition coefficient (Wildman–Crippen LogP) is 3.41. The summed E-state index contributed by atoms with van der Waals surface area (Å²) in [5, 5.41) is 2.98. The Labute approximate surface area is 130 Å². The molecule has 3 rings (SSSR count). The van der Waals surface area contributed by atoms with Crippen LogP contribution >= 0.6 is 0 Å². The summed E-state index contributed by atoms with van der Waals surface area (Å²) in [5.74, 6) is 1.27. The molecule has 1 aliphatic carbocycles. The summed E-state index contributed by atoms with van der Waals surface area (Å²) < 4.78 is 5.79. The quantitative estimate of drug-likeness (QED) is 0.856. The van der Waals surface area contributed by atoms with Crippen molar-refractivity contribution in [2.24, 2.45) is 11.1 Å². The fourth-order valence-electron chi connectivity index (χ4n) is 2.74. The molecule has 0 radical (unpaired) electrons. The van der Waals surface area contributed by atoms with Crippen LogP contribution in [0, 0.1) is 5.41 Å². The van der Waals surface area contributed by atoms with Gasteiger partial charge in [0.05, 0.1) is 5.41 Å². The highest BCUT2D eigenvalue weighted by atomic mass is 16.3. The van der Waals surface area contributed by atoms with Gasteiger partial charge in [-0.2, -0.15) is 0 Å². The van der Waals surface area contributed by atoms with E-state index in [4.69, 9.17) is 10.2 Å². The van der Waals surface area contributed by atoms with Gasteiger partial charge in [0.15, 0.2) is 11.5 Å². The molecular weight excluding hydrogens is 278 g/mol. The van der Waals surface area contributed by atoms with Crippen molar-refractivity contribution < 1.29 is 9.21 Å². The van der Waals surface area contributed by atoms with Gasteiger partial charge >= 0.3 is 0 Å². The van der Waals surface area contributed by atoms with Crippen LogP contribution in [0.25, 0.3) is 11.1 Å². The fraction of sp³-hybridized carbons (Fsp3) is 0.529. The van der Waals surface area contributed by atoms with E-state index in [9.17, 15) is 4.79 Å². The first kappa shape index (κ1) is 15.0. The molecule has 0 saturated heterocycles. The first-order valence-electron chi connectivity index (χ1n) is 8.04. The van der Waals surface area contributed by atoms with Crippen molar-refractivity contribution in [3.8, 4) is 0 Å². The summed E-state index contributed by atoms with van der Waals surface area (Å²) in [6.45, 7) is 4.34. The number of nitrogens with one attached hydrogen (secondary N) is 1. The first-order chi connectivity index (χ1) is 10.6. The minimum absolute atomic E-state index is 0.0266. The number of rotatable bonds is 6. The Morgan fingerprint density at radius 3 is 2.73 bits per heavy atom. The molecule has 1 aliphatic rings. The second kappa shape index (κ2) is 5.72. The van der Waals surface area contributed by atoms with Gasteiger partial charge in [-0.25, -0.2) is 4.98 Å². The van der Waals surface area contributed by atoms with Gasteiger partial charge in [-0.05, 0) is 37.8 Å². The number of carbonyl (C=O) groups excluding carboxylic acids is 1. The van der Waals surface area contributed by atoms with Gasteiger partial charge < -0.3 is 15.5 Å². The number of carbonyl (C=O) groups is 1. The van der Waals surface area contributed by atoms with Crippen LogP contribution in [0.5, 0.6) is 0 Å². The van der Waals surface area contributed by atoms with Crippen molar-refractivity contribution in [1.29, 1.82) is 0 Å². The standard InChI is InChI=1S/C17H23N3O2/c1-3-17(4-2,10-18)16(21)19-12-7-8-13-14(9-12)22-15(20-13)11-5-6-11/h7-9,11H,3-6,10,18H2,1-2H3,(H,19,21). The van der Waals surface area contributed by atoms with E-state index in [0.29, 0.717) is 12.5 Å². The molecule has 1 amide bonds. The van der Waals surface area contributed by atoms with Crippen molar-refractivity contribution in [3.63, 3.8) is 0 Å². The molecule has 0 atom stereocenters. The largest absolute Gasteiger partial charge is 0.440 e. The number of oxazole rings is 1. The fourth-order valence-corrected chi connectivity index (χ4v) is 2.74. The van der Waals surface area contributed by atoms with E-state index in [0.717, 1.165) is 48.4 Å². The lowest BCUT2D eigenvalue weighted by Crippen LogP contribution is -2.41. The normalized spacial score (nSPS) is 15.2. The molecule has 0 spiro atoms. The van der Waals surface area contributed by atoms with Gasteiger partial charge in [-0.3, -0.25) is 4.79 Å². The Kier molecular flexibility index (Phi) is 3.91. The van der Waals surface area contributed by atoms with Gasteiger partial charge in [0, 0.05) is 24.2 Å². The van der Waals surface area contributed by atoms with E-state index < -0.39 is 5.41 Å². The Hall–Kier alpha value is -1.88. The predicted molar refractivity (Wildman–Crippen MR) is 86.7 cm³/mol. The van der Waals surface area contributed by atoms with Crippen LogP contribution < -0.4 is 11.1 Å². The van der Waals surface area contributed by atoms with Crippen LogP contribution in [-0.2, 0) is 4.79 Å². The zero-order chi connectivity index (χ0) is 15.7. The molecule has 1 fully saturated rings. The third kappa shape index (κ3) is 2.61. The lowest BCUT2D eigenvalue weighted by atomic mass is 9.81. The Morgan fingerprint density at radius 2 is 2.14 bits per heavy atom. The lowest BCUT2D eigenvalue weighted by Gasteiger charge is -2.28. The average molecular weight is 301 g/mol. The van der Waals surface area contributed by atoms with Crippen LogP contribution in [0.4, 0.5) is 5.69 Å². The van der Waals surface area contributed by atoms with Crippen LogP contribution in [0.3, 0.4) is 0 Å². The van der Waals surface area contributed by atoms with Gasteiger partial charge in [-0.15, -0.1) is 0 Å². The number of hydrogen-bond acceptors (Lipinski definition) is 4. The number of aromatic nitrogens is 1. The molecule has 22 heavy (non-hydrogen) atoms. The number of anilines is 1. The van der Waals surface area contributed by atoms with Crippen LogP contribution in [0.15, 0.2) is 22.6 Å². The Balaban J connectivity index is 1.82. The molecule has 1 saturated carbocycles. The molecule has 1 aromatic heterocycles. The van der Waals surface area contributed by atoms with E-state index in [2.05, 4.69) is 10.3 Å². The van der Waals surface area contributed by atoms with Crippen molar-refractivity contribution in [2.45, 2.75) is 45.4 Å². The summed E-state index contributed by atoms with van der Waals surface area (Å²) in [6, 6.07) is 5.60. The van der Waals surface area contributed by atoms with Crippen molar-refractivity contribution in [1.82, 2.24) is 4.98 Å². The van der Waals surface area contributed by atoms with Gasteiger partial charge in [-0.1, -0.05) is 13.8 Å². The highest BCUT2D eigenvalue weighted by molar-refractivity contribution is 5.96. The average Bonchev–Trinajstić information content (AvgIpc) is 3.29. The molecule has 2 aromatic rings. The minimum Gasteiger partial charge on any atom is -0.440 e. The van der Waals surface area contributed by atoms with Crippen LogP contribution in [0.2, 0.25) is 0 Å². The summed E-state index contributed by atoms with van der Waals surface area (Å²) in [6.07, 6.45) is 3.76. The summed E-state index contributed by atoms with van der Waals surface area (Å²) in [5.41, 5.74) is 7.63. The number of nitrogens with zero attached hydrogens (tertiary/aromatic N) is 1. The molecule has 5 nitrogen and oxygen atoms in total. The van der Waals surface area contributed by atoms with Gasteiger partial charge in [0.1, 0.15) is 5.52 Å². The highest BCUT2D eigenvalue weighted by Gasteiger charge is 2.33. The summed E-state index contributed by atoms with van der Waals surface area (Å²) >= 11 is 0. The van der Waals surface area contributed by atoms with Gasteiger partial charge in [0.2, 0.25) is 5.91 Å². The van der Waals surface area contributed by atoms with Crippen molar-refractivity contribution >= 4 is 22.7 Å². The molecular formula is C17H23N3O2. The molecule has 0 bridgehead atoms. The van der Waals surface area contributed by atoms with Gasteiger partial charge in [0.25, 0.3) is 0 Å². The number of benzene rings is 1. The van der Waals surface area contributed by atoms with E-state index in [1.807, 2.05) is 32.0 Å². The maximum Gasteiger partial charge on any atom is 0.231 e. The maximum atomic E-state index is 12.5. The number of nitrogens with two attached hydrogens (primary N) is 1. The second-order valence-electron chi connectivity index (χ2n) is 6.15. The van der Waals surface area contributed by atoms with E-state index in [-0.39, 0.29) is 5.91 Å². The topological polar surface area (TPSA) is 81.2 Å². The molecule has 5 heteroatoms. The monoisotopic (exact) mass is 301 g/mol. The second-order valence-corrected chi connectivity index (χ2v) is 6.15. The first-order valence-corrected chi connectivity index (χ1v) is 8.04. The summed E-state index contributed by atoms with van der Waals surface area (Å²) in [7, 11) is 0. The highest BCUT2D eigenvalue weighted by Crippen LogP contribution is 2.40. The zero-order valence-electron chi connectivity index (χ0n) is 13.2. The number of amides is 1. The molecule has 1 aromatic carbocycles. The van der Waals surface area contributed by atoms with Crippen molar-refractivity contribution in [3.05, 3.63) is 24.1 Å². The molecule has 3 N–H and O–H groups in total. The van der Waals surface area contributed by atoms with Crippen LogP contribution in [0.1, 0.15) is 51.3 Å². The number of hydrogen-bond donors (Lipinski definition) is 2. The minimum atomic E-state index is -0.504. The lowest BCUT2D eigenvalue weighted by molar-refractivity contribution is -0.125. The van der Waals surface area contributed by atoms with E-state index in [1.54, 1.807) is 0 Å². The Morgan fingerprint density at radius 1 is 1.41 bits per heavy atom. The molecule has 0 aliphatic heterocycles. The maximum absolute atomic E-state index is 12.5. The third-order valence-electron chi connectivity index (χ3n) is 4.82. The molecule has 0 unspecified atom stereocenters. The number of fused-ring (bicyclic) bond motifs is 1. The summed E-state index contributed by atoms with van der Waals surface area (Å²) in [4.78, 5) is 17.0. The molecule has 1 heterocycles. The molecule has 118 valence electrons. The smallest absolute Gasteiger partial charge is 0.231 e. The SMILES string of the molecule is CCC(CC)(CN)C(=O)Nc1ccc2nc(C3CC3)oc2c1. The van der Waals surface area contributed by atoms with E-state index in [1.165, 1.54) is 0 Å². The van der Waals surface area contributed by atoms with Crippen molar-refractivity contribution in [2.75, 3.05) is 11.9 Å². The Bertz CT molecular complexity index is 676. The van der Waals surface area contributed by atoms with E-state index >= 15 is 0 Å². The zero-order valence-corrected chi connectivity index (χ0v) is 13.2.